The summed E-state index contributed by atoms with van der Waals surface area (Å²) in [7, 11) is 1.85. The third kappa shape index (κ3) is 2.99. The van der Waals surface area contributed by atoms with E-state index in [1.807, 2.05) is 32.2 Å². The molecule has 1 amide bonds. The zero-order valence-corrected chi connectivity index (χ0v) is 14.4. The molecular weight excluding hydrogens is 302 g/mol. The average molecular weight is 323 g/mol. The van der Waals surface area contributed by atoms with Gasteiger partial charge in [0, 0.05) is 31.7 Å². The topological polar surface area (TPSA) is 72.7 Å². The molecule has 24 heavy (non-hydrogen) atoms. The van der Waals surface area contributed by atoms with Crippen molar-refractivity contribution in [2.24, 2.45) is 7.05 Å². The predicted molar refractivity (Wildman–Crippen MR) is 92.7 cm³/mol. The van der Waals surface area contributed by atoms with Crippen LogP contribution in [0, 0.1) is 6.92 Å². The SMILES string of the molecule is Cc1nn(C)c2nc(C(C)C)cc(C(=O)NCc3ccncc3)c12. The number of hydrogen-bond donors (Lipinski definition) is 1. The molecule has 3 aromatic heterocycles. The van der Waals surface area contributed by atoms with Crippen LogP contribution in [0.2, 0.25) is 0 Å². The fourth-order valence-corrected chi connectivity index (χ4v) is 2.72. The Morgan fingerprint density at radius 1 is 1.29 bits per heavy atom. The molecule has 3 heterocycles. The Balaban J connectivity index is 1.99. The van der Waals surface area contributed by atoms with Crippen LogP contribution in [0.5, 0.6) is 0 Å². The molecular formula is C18H21N5O. The van der Waals surface area contributed by atoms with E-state index in [0.717, 1.165) is 28.0 Å². The molecule has 3 aromatic rings. The lowest BCUT2D eigenvalue weighted by Crippen LogP contribution is -2.23. The standard InChI is InChI=1S/C18H21N5O/c1-11(2)15-9-14(16-12(3)22-23(4)17(16)21-15)18(24)20-10-13-5-7-19-8-6-13/h5-9,11H,10H2,1-4H3,(H,20,24). The summed E-state index contributed by atoms with van der Waals surface area (Å²) in [6.07, 6.45) is 3.43. The van der Waals surface area contributed by atoms with E-state index in [1.165, 1.54) is 0 Å². The molecule has 0 aliphatic heterocycles. The van der Waals surface area contributed by atoms with E-state index >= 15 is 0 Å². The molecule has 3 rings (SSSR count). The highest BCUT2D eigenvalue weighted by Gasteiger charge is 2.19. The Kier molecular flexibility index (Phi) is 4.29. The average Bonchev–Trinajstić information content (AvgIpc) is 2.87. The number of carbonyl (C=O) groups excluding carboxylic acids is 1. The molecule has 0 spiro atoms. The van der Waals surface area contributed by atoms with Crippen LogP contribution in [0.25, 0.3) is 11.0 Å². The second-order valence-corrected chi connectivity index (χ2v) is 6.20. The summed E-state index contributed by atoms with van der Waals surface area (Å²) in [5.74, 6) is 0.119. The van der Waals surface area contributed by atoms with E-state index in [0.29, 0.717) is 12.1 Å². The molecule has 1 N–H and O–H groups in total. The number of nitrogens with one attached hydrogen (secondary N) is 1. The Bertz CT molecular complexity index is 883. The van der Waals surface area contributed by atoms with Gasteiger partial charge in [-0.05, 0) is 36.6 Å². The molecule has 0 saturated carbocycles. The number of aryl methyl sites for hydroxylation is 2. The number of nitrogens with zero attached hydrogens (tertiary/aromatic N) is 4. The summed E-state index contributed by atoms with van der Waals surface area (Å²) < 4.78 is 1.73. The lowest BCUT2D eigenvalue weighted by Gasteiger charge is -2.11. The maximum atomic E-state index is 12.8. The molecule has 0 bridgehead atoms. The minimum absolute atomic E-state index is 0.114. The van der Waals surface area contributed by atoms with Crippen LogP contribution in [0.3, 0.4) is 0 Å². The third-order valence-electron chi connectivity index (χ3n) is 4.03. The van der Waals surface area contributed by atoms with Crippen molar-refractivity contribution in [1.29, 1.82) is 0 Å². The molecule has 0 radical (unpaired) electrons. The van der Waals surface area contributed by atoms with Gasteiger partial charge in [0.05, 0.1) is 16.6 Å². The van der Waals surface area contributed by atoms with E-state index < -0.39 is 0 Å². The summed E-state index contributed by atoms with van der Waals surface area (Å²) in [5.41, 5.74) is 4.08. The minimum Gasteiger partial charge on any atom is -0.348 e. The van der Waals surface area contributed by atoms with E-state index in [9.17, 15) is 4.79 Å². The van der Waals surface area contributed by atoms with Gasteiger partial charge >= 0.3 is 0 Å². The maximum Gasteiger partial charge on any atom is 0.252 e. The highest BCUT2D eigenvalue weighted by atomic mass is 16.1. The van der Waals surface area contributed by atoms with Gasteiger partial charge in [0.15, 0.2) is 5.65 Å². The zero-order chi connectivity index (χ0) is 17.3. The number of pyridine rings is 2. The molecule has 0 aliphatic rings. The minimum atomic E-state index is -0.114. The smallest absolute Gasteiger partial charge is 0.252 e. The number of carbonyl (C=O) groups is 1. The number of hydrogen-bond acceptors (Lipinski definition) is 4. The van der Waals surface area contributed by atoms with E-state index in [-0.39, 0.29) is 11.8 Å². The van der Waals surface area contributed by atoms with Crippen molar-refractivity contribution in [2.75, 3.05) is 0 Å². The molecule has 0 unspecified atom stereocenters. The van der Waals surface area contributed by atoms with Crippen LogP contribution in [0.1, 0.15) is 47.1 Å². The van der Waals surface area contributed by atoms with Crippen molar-refractivity contribution < 1.29 is 4.79 Å². The van der Waals surface area contributed by atoms with Gasteiger partial charge < -0.3 is 5.32 Å². The first-order chi connectivity index (χ1) is 11.5. The number of aromatic nitrogens is 4. The van der Waals surface area contributed by atoms with Crippen LogP contribution in [0.15, 0.2) is 30.6 Å². The second kappa shape index (κ2) is 6.39. The van der Waals surface area contributed by atoms with Gasteiger partial charge in [-0.1, -0.05) is 13.8 Å². The Morgan fingerprint density at radius 3 is 2.67 bits per heavy atom. The van der Waals surface area contributed by atoms with Gasteiger partial charge in [0.2, 0.25) is 0 Å². The zero-order valence-electron chi connectivity index (χ0n) is 14.4. The van der Waals surface area contributed by atoms with Crippen molar-refractivity contribution in [1.82, 2.24) is 25.1 Å². The summed E-state index contributed by atoms with van der Waals surface area (Å²) in [4.78, 5) is 21.4. The Labute approximate surface area is 140 Å². The van der Waals surface area contributed by atoms with E-state index in [1.54, 1.807) is 17.1 Å². The monoisotopic (exact) mass is 323 g/mol. The molecule has 0 saturated heterocycles. The predicted octanol–water partition coefficient (Wildman–Crippen LogP) is 2.73. The van der Waals surface area contributed by atoms with Gasteiger partial charge in [-0.25, -0.2) is 4.98 Å². The van der Waals surface area contributed by atoms with Crippen LogP contribution >= 0.6 is 0 Å². The largest absolute Gasteiger partial charge is 0.348 e. The van der Waals surface area contributed by atoms with E-state index in [4.69, 9.17) is 0 Å². The lowest BCUT2D eigenvalue weighted by atomic mass is 10.0. The number of amides is 1. The highest BCUT2D eigenvalue weighted by Crippen LogP contribution is 2.24. The first-order valence-electron chi connectivity index (χ1n) is 7.98. The molecule has 0 atom stereocenters. The first kappa shape index (κ1) is 16.1. The molecule has 0 aromatic carbocycles. The fourth-order valence-electron chi connectivity index (χ4n) is 2.72. The molecule has 124 valence electrons. The summed E-state index contributed by atoms with van der Waals surface area (Å²) in [5, 5.41) is 8.21. The Hall–Kier alpha value is -2.76. The third-order valence-corrected chi connectivity index (χ3v) is 4.03. The first-order valence-corrected chi connectivity index (χ1v) is 7.98. The van der Waals surface area contributed by atoms with Crippen molar-refractivity contribution in [3.8, 4) is 0 Å². The van der Waals surface area contributed by atoms with Crippen LogP contribution in [-0.4, -0.2) is 25.7 Å². The van der Waals surface area contributed by atoms with Gasteiger partial charge in [-0.3, -0.25) is 14.5 Å². The van der Waals surface area contributed by atoms with Gasteiger partial charge in [0.1, 0.15) is 0 Å². The van der Waals surface area contributed by atoms with Crippen molar-refractivity contribution >= 4 is 16.9 Å². The van der Waals surface area contributed by atoms with Crippen LogP contribution < -0.4 is 5.32 Å². The van der Waals surface area contributed by atoms with E-state index in [2.05, 4.69) is 34.2 Å². The molecule has 0 aliphatic carbocycles. The molecule has 6 nitrogen and oxygen atoms in total. The van der Waals surface area contributed by atoms with Gasteiger partial charge in [-0.2, -0.15) is 5.10 Å². The van der Waals surface area contributed by atoms with Crippen LogP contribution in [-0.2, 0) is 13.6 Å². The number of rotatable bonds is 4. The summed E-state index contributed by atoms with van der Waals surface area (Å²) >= 11 is 0. The Morgan fingerprint density at radius 2 is 2.00 bits per heavy atom. The van der Waals surface area contributed by atoms with Gasteiger partial charge in [0.25, 0.3) is 5.91 Å². The summed E-state index contributed by atoms with van der Waals surface area (Å²) in [6, 6.07) is 5.65. The maximum absolute atomic E-state index is 12.8. The van der Waals surface area contributed by atoms with Crippen molar-refractivity contribution in [3.05, 3.63) is 53.1 Å². The fraction of sp³-hybridized carbons (Fsp3) is 0.333. The van der Waals surface area contributed by atoms with Gasteiger partial charge in [-0.15, -0.1) is 0 Å². The normalized spacial score (nSPS) is 11.2. The lowest BCUT2D eigenvalue weighted by molar-refractivity contribution is 0.0952. The van der Waals surface area contributed by atoms with Crippen molar-refractivity contribution in [3.63, 3.8) is 0 Å². The highest BCUT2D eigenvalue weighted by molar-refractivity contribution is 6.06. The van der Waals surface area contributed by atoms with Crippen LogP contribution in [0.4, 0.5) is 0 Å². The second-order valence-electron chi connectivity index (χ2n) is 6.20. The number of fused-ring (bicyclic) bond motifs is 1. The summed E-state index contributed by atoms with van der Waals surface area (Å²) in [6.45, 7) is 6.49. The van der Waals surface area contributed by atoms with Crippen molar-refractivity contribution in [2.45, 2.75) is 33.2 Å². The molecule has 0 fully saturated rings. The molecule has 6 heteroatoms. The quantitative estimate of drug-likeness (QED) is 0.801.